The van der Waals surface area contributed by atoms with E-state index in [1.165, 1.54) is 4.90 Å². The number of carbonyl (C=O) groups is 1. The summed E-state index contributed by atoms with van der Waals surface area (Å²) in [7, 11) is 0. The van der Waals surface area contributed by atoms with E-state index in [2.05, 4.69) is 34.0 Å². The zero-order valence-electron chi connectivity index (χ0n) is 14.5. The molecule has 0 fully saturated rings. The molecule has 4 nitrogen and oxygen atoms in total. The molecular formula is C21H16ClN3OS. The fourth-order valence-corrected chi connectivity index (χ4v) is 3.82. The lowest BCUT2D eigenvalue weighted by Gasteiger charge is -2.21. The van der Waals surface area contributed by atoms with Gasteiger partial charge in [-0.3, -0.25) is 4.79 Å². The molecule has 0 saturated heterocycles. The highest BCUT2D eigenvalue weighted by Crippen LogP contribution is 2.44. The quantitative estimate of drug-likeness (QED) is 0.346. The summed E-state index contributed by atoms with van der Waals surface area (Å²) in [4.78, 5) is 14.6. The van der Waals surface area contributed by atoms with E-state index in [-0.39, 0.29) is 5.91 Å². The molecule has 0 bridgehead atoms. The summed E-state index contributed by atoms with van der Waals surface area (Å²) in [5, 5.41) is 8.28. The Morgan fingerprint density at radius 2 is 1.67 bits per heavy atom. The second-order valence-electron chi connectivity index (χ2n) is 6.08. The molecule has 27 heavy (non-hydrogen) atoms. The number of benzene rings is 3. The first-order valence-electron chi connectivity index (χ1n) is 8.39. The van der Waals surface area contributed by atoms with Gasteiger partial charge in [-0.15, -0.1) is 0 Å². The highest BCUT2D eigenvalue weighted by atomic mass is 35.5. The third-order valence-corrected chi connectivity index (χ3v) is 5.61. The van der Waals surface area contributed by atoms with E-state index in [9.17, 15) is 4.79 Å². The smallest absolute Gasteiger partial charge is 0.271 e. The van der Waals surface area contributed by atoms with Crippen LogP contribution in [0.5, 0.6) is 0 Å². The van der Waals surface area contributed by atoms with Gasteiger partial charge in [-0.25, -0.2) is 5.43 Å². The van der Waals surface area contributed by atoms with Crippen LogP contribution in [0.3, 0.4) is 0 Å². The number of hydrogen-bond acceptors (Lipinski definition) is 4. The molecule has 3 aromatic rings. The number of halogens is 1. The van der Waals surface area contributed by atoms with Crippen LogP contribution in [0.25, 0.3) is 0 Å². The topological polar surface area (TPSA) is 53.5 Å². The van der Waals surface area contributed by atoms with E-state index in [4.69, 9.17) is 11.6 Å². The average Bonchev–Trinajstić information content (AvgIpc) is 2.70. The normalized spacial score (nSPS) is 12.6. The van der Waals surface area contributed by atoms with Gasteiger partial charge in [-0.2, -0.15) is 5.10 Å². The molecule has 6 heteroatoms. The molecule has 1 aliphatic heterocycles. The Hall–Kier alpha value is -2.76. The number of hydrazone groups is 1. The van der Waals surface area contributed by atoms with Crippen LogP contribution < -0.4 is 10.7 Å². The molecule has 0 unspecified atom stereocenters. The van der Waals surface area contributed by atoms with Crippen LogP contribution in [0.15, 0.2) is 81.6 Å². The largest absolute Gasteiger partial charge is 0.354 e. The SMILES string of the molecule is CC(=NNC(=O)c1ccc(Cl)cc1)c1ccc2c(c1)Nc1ccccc1S2. The molecule has 1 aliphatic rings. The van der Waals surface area contributed by atoms with E-state index in [0.29, 0.717) is 10.6 Å². The Morgan fingerprint density at radius 3 is 2.48 bits per heavy atom. The fourth-order valence-electron chi connectivity index (χ4n) is 2.73. The van der Waals surface area contributed by atoms with Gasteiger partial charge in [0.25, 0.3) is 5.91 Å². The Morgan fingerprint density at radius 1 is 0.963 bits per heavy atom. The van der Waals surface area contributed by atoms with Crippen LogP contribution in [0.4, 0.5) is 11.4 Å². The number of nitrogens with zero attached hydrogens (tertiary/aromatic N) is 1. The average molecular weight is 394 g/mol. The molecule has 3 aromatic carbocycles. The van der Waals surface area contributed by atoms with Crippen molar-refractivity contribution in [3.63, 3.8) is 0 Å². The first-order chi connectivity index (χ1) is 13.1. The number of anilines is 2. The van der Waals surface area contributed by atoms with Gasteiger partial charge in [0.1, 0.15) is 0 Å². The molecule has 0 radical (unpaired) electrons. The van der Waals surface area contributed by atoms with E-state index in [1.807, 2.05) is 31.2 Å². The van der Waals surface area contributed by atoms with Crippen LogP contribution >= 0.6 is 23.4 Å². The maximum Gasteiger partial charge on any atom is 0.271 e. The number of fused-ring (bicyclic) bond motifs is 2. The molecule has 0 atom stereocenters. The molecule has 1 amide bonds. The lowest BCUT2D eigenvalue weighted by molar-refractivity contribution is 0.0955. The Balaban J connectivity index is 1.51. The van der Waals surface area contributed by atoms with Crippen LogP contribution in [0, 0.1) is 0 Å². The van der Waals surface area contributed by atoms with Gasteiger partial charge in [-0.05, 0) is 61.0 Å². The lowest BCUT2D eigenvalue weighted by Crippen LogP contribution is -2.19. The first-order valence-corrected chi connectivity index (χ1v) is 9.58. The number of amides is 1. The summed E-state index contributed by atoms with van der Waals surface area (Å²) in [6.07, 6.45) is 0. The summed E-state index contributed by atoms with van der Waals surface area (Å²) in [5.74, 6) is -0.272. The molecule has 0 aliphatic carbocycles. The zero-order valence-corrected chi connectivity index (χ0v) is 16.1. The van der Waals surface area contributed by atoms with E-state index in [0.717, 1.165) is 27.5 Å². The van der Waals surface area contributed by atoms with Gasteiger partial charge in [0.05, 0.1) is 17.1 Å². The van der Waals surface area contributed by atoms with E-state index < -0.39 is 0 Å². The Labute approximate surface area is 166 Å². The standard InChI is InChI=1S/C21H16ClN3OS/c1-13(24-25-21(26)14-6-9-16(22)10-7-14)15-8-11-20-18(12-15)23-17-4-2-3-5-19(17)27-20/h2-12,23H,1H3,(H,25,26). The van der Waals surface area contributed by atoms with Gasteiger partial charge in [0.15, 0.2) is 0 Å². The maximum absolute atomic E-state index is 12.2. The van der Waals surface area contributed by atoms with Crippen molar-refractivity contribution < 1.29 is 4.79 Å². The van der Waals surface area contributed by atoms with Crippen molar-refractivity contribution in [2.75, 3.05) is 5.32 Å². The fraction of sp³-hybridized carbons (Fsp3) is 0.0476. The summed E-state index contributed by atoms with van der Waals surface area (Å²) in [5.41, 5.74) is 6.90. The van der Waals surface area contributed by atoms with E-state index in [1.54, 1.807) is 36.0 Å². The van der Waals surface area contributed by atoms with Crippen molar-refractivity contribution in [2.24, 2.45) is 5.10 Å². The van der Waals surface area contributed by atoms with Crippen molar-refractivity contribution in [3.05, 3.63) is 82.9 Å². The highest BCUT2D eigenvalue weighted by Gasteiger charge is 2.16. The minimum absolute atomic E-state index is 0.272. The summed E-state index contributed by atoms with van der Waals surface area (Å²) in [6, 6.07) is 21.0. The highest BCUT2D eigenvalue weighted by molar-refractivity contribution is 7.99. The molecule has 1 heterocycles. The van der Waals surface area contributed by atoms with E-state index >= 15 is 0 Å². The molecule has 0 spiro atoms. The molecule has 134 valence electrons. The number of nitrogens with one attached hydrogen (secondary N) is 2. The van der Waals surface area contributed by atoms with Gasteiger partial charge in [-0.1, -0.05) is 41.6 Å². The molecule has 2 N–H and O–H groups in total. The Kier molecular flexibility index (Phi) is 4.88. The summed E-state index contributed by atoms with van der Waals surface area (Å²) in [6.45, 7) is 1.87. The van der Waals surface area contributed by atoms with Gasteiger partial charge in [0.2, 0.25) is 0 Å². The molecule has 4 rings (SSSR count). The summed E-state index contributed by atoms with van der Waals surface area (Å²) < 4.78 is 0. The van der Waals surface area contributed by atoms with Crippen LogP contribution in [0.1, 0.15) is 22.8 Å². The molecule has 0 saturated carbocycles. The number of carbonyl (C=O) groups excluding carboxylic acids is 1. The van der Waals surface area contributed by atoms with Crippen molar-refractivity contribution >= 4 is 46.4 Å². The monoisotopic (exact) mass is 393 g/mol. The minimum atomic E-state index is -0.272. The van der Waals surface area contributed by atoms with Crippen molar-refractivity contribution in [2.45, 2.75) is 16.7 Å². The van der Waals surface area contributed by atoms with Crippen LogP contribution in [-0.2, 0) is 0 Å². The summed E-state index contributed by atoms with van der Waals surface area (Å²) >= 11 is 7.58. The van der Waals surface area contributed by atoms with Gasteiger partial charge < -0.3 is 5.32 Å². The number of rotatable bonds is 3. The van der Waals surface area contributed by atoms with Crippen molar-refractivity contribution in [1.29, 1.82) is 0 Å². The lowest BCUT2D eigenvalue weighted by atomic mass is 10.1. The van der Waals surface area contributed by atoms with Gasteiger partial charge in [0, 0.05) is 20.4 Å². The minimum Gasteiger partial charge on any atom is -0.354 e. The second kappa shape index (κ2) is 7.47. The number of hydrogen-bond donors (Lipinski definition) is 2. The maximum atomic E-state index is 12.2. The predicted octanol–water partition coefficient (Wildman–Crippen LogP) is 5.70. The number of para-hydroxylation sites is 1. The van der Waals surface area contributed by atoms with Crippen LogP contribution in [-0.4, -0.2) is 11.6 Å². The third-order valence-electron chi connectivity index (χ3n) is 4.21. The Bertz CT molecular complexity index is 1050. The molecular weight excluding hydrogens is 378 g/mol. The molecule has 0 aromatic heterocycles. The van der Waals surface area contributed by atoms with Crippen LogP contribution in [0.2, 0.25) is 5.02 Å². The predicted molar refractivity (Wildman–Crippen MR) is 111 cm³/mol. The second-order valence-corrected chi connectivity index (χ2v) is 7.60. The van der Waals surface area contributed by atoms with Crippen molar-refractivity contribution in [1.82, 2.24) is 5.43 Å². The van der Waals surface area contributed by atoms with Crippen molar-refractivity contribution in [3.8, 4) is 0 Å². The third kappa shape index (κ3) is 3.84. The first kappa shape index (κ1) is 17.6. The van der Waals surface area contributed by atoms with Gasteiger partial charge >= 0.3 is 0 Å². The zero-order chi connectivity index (χ0) is 18.8.